The van der Waals surface area contributed by atoms with Crippen molar-refractivity contribution in [3.8, 4) is 0 Å². The second-order valence-electron chi connectivity index (χ2n) is 3.84. The van der Waals surface area contributed by atoms with E-state index < -0.39 is 0 Å². The smallest absolute Gasteiger partial charge is 0.252 e. The molecule has 1 rings (SSSR count). The minimum absolute atomic E-state index is 0.0497. The standard InChI is InChI=1S/C9H17N3O/c1-6(2)5-12-9(13)8(4-10)7(3)11-12/h6,8H,4-5,10H2,1-3H3. The number of nitrogens with two attached hydrogens (primary N) is 1. The van der Waals surface area contributed by atoms with Crippen molar-refractivity contribution in [3.63, 3.8) is 0 Å². The molecule has 74 valence electrons. The van der Waals surface area contributed by atoms with Gasteiger partial charge in [0.05, 0.1) is 5.92 Å². The molecular weight excluding hydrogens is 166 g/mol. The molecule has 0 aliphatic carbocycles. The fraction of sp³-hybridized carbons (Fsp3) is 0.778. The molecule has 1 unspecified atom stereocenters. The predicted octanol–water partition coefficient (Wildman–Crippen LogP) is 0.435. The Balaban J connectivity index is 2.66. The van der Waals surface area contributed by atoms with Crippen LogP contribution in [0, 0.1) is 11.8 Å². The fourth-order valence-electron chi connectivity index (χ4n) is 1.42. The summed E-state index contributed by atoms with van der Waals surface area (Å²) < 4.78 is 0. The summed E-state index contributed by atoms with van der Waals surface area (Å²) in [5.41, 5.74) is 6.32. The molecule has 1 aliphatic rings. The predicted molar refractivity (Wildman–Crippen MR) is 52.2 cm³/mol. The van der Waals surface area contributed by atoms with E-state index in [1.165, 1.54) is 5.01 Å². The van der Waals surface area contributed by atoms with Gasteiger partial charge in [-0.05, 0) is 12.8 Å². The van der Waals surface area contributed by atoms with Crippen LogP contribution in [0.2, 0.25) is 0 Å². The number of hydrogen-bond donors (Lipinski definition) is 1. The summed E-state index contributed by atoms with van der Waals surface area (Å²) in [5, 5.41) is 5.72. The highest BCUT2D eigenvalue weighted by molar-refractivity contribution is 6.07. The molecule has 0 bridgehead atoms. The Labute approximate surface area is 78.8 Å². The van der Waals surface area contributed by atoms with Crippen LogP contribution in [0.5, 0.6) is 0 Å². The van der Waals surface area contributed by atoms with Gasteiger partial charge in [-0.2, -0.15) is 5.10 Å². The van der Waals surface area contributed by atoms with Gasteiger partial charge >= 0.3 is 0 Å². The molecule has 0 aromatic rings. The SMILES string of the molecule is CC1=NN(CC(C)C)C(=O)C1CN. The van der Waals surface area contributed by atoms with E-state index in [2.05, 4.69) is 18.9 Å². The Morgan fingerprint density at radius 3 is 2.62 bits per heavy atom. The maximum Gasteiger partial charge on any atom is 0.252 e. The van der Waals surface area contributed by atoms with Gasteiger partial charge in [-0.1, -0.05) is 13.8 Å². The van der Waals surface area contributed by atoms with Crippen LogP contribution in [0.1, 0.15) is 20.8 Å². The minimum atomic E-state index is -0.182. The highest BCUT2D eigenvalue weighted by atomic mass is 16.2. The normalized spacial score (nSPS) is 22.8. The van der Waals surface area contributed by atoms with E-state index in [0.717, 1.165) is 5.71 Å². The molecule has 0 fully saturated rings. The van der Waals surface area contributed by atoms with Crippen molar-refractivity contribution in [2.45, 2.75) is 20.8 Å². The summed E-state index contributed by atoms with van der Waals surface area (Å²) in [6.07, 6.45) is 0. The molecule has 0 aromatic heterocycles. The lowest BCUT2D eigenvalue weighted by Crippen LogP contribution is -2.33. The lowest BCUT2D eigenvalue weighted by molar-refractivity contribution is -0.132. The average molecular weight is 183 g/mol. The molecule has 1 aliphatic heterocycles. The molecular formula is C9H17N3O. The third-order valence-electron chi connectivity index (χ3n) is 2.11. The molecule has 1 heterocycles. The van der Waals surface area contributed by atoms with E-state index in [-0.39, 0.29) is 11.8 Å². The number of rotatable bonds is 3. The lowest BCUT2D eigenvalue weighted by atomic mass is 10.1. The molecule has 4 nitrogen and oxygen atoms in total. The lowest BCUT2D eigenvalue weighted by Gasteiger charge is -2.15. The quantitative estimate of drug-likeness (QED) is 0.690. The number of amides is 1. The van der Waals surface area contributed by atoms with Crippen molar-refractivity contribution < 1.29 is 4.79 Å². The highest BCUT2D eigenvalue weighted by Crippen LogP contribution is 2.15. The summed E-state index contributed by atoms with van der Waals surface area (Å²) in [6, 6.07) is 0. The largest absolute Gasteiger partial charge is 0.329 e. The number of carbonyl (C=O) groups is 1. The molecule has 0 aromatic carbocycles. The third kappa shape index (κ3) is 2.06. The van der Waals surface area contributed by atoms with Crippen LogP contribution in [-0.2, 0) is 4.79 Å². The van der Waals surface area contributed by atoms with E-state index in [0.29, 0.717) is 19.0 Å². The van der Waals surface area contributed by atoms with Gasteiger partial charge < -0.3 is 5.73 Å². The number of carbonyl (C=O) groups excluding carboxylic acids is 1. The van der Waals surface area contributed by atoms with Crippen LogP contribution in [0.15, 0.2) is 5.10 Å². The van der Waals surface area contributed by atoms with Crippen LogP contribution in [0.25, 0.3) is 0 Å². The van der Waals surface area contributed by atoms with E-state index in [4.69, 9.17) is 5.73 Å². The summed E-state index contributed by atoms with van der Waals surface area (Å²) >= 11 is 0. The second-order valence-corrected chi connectivity index (χ2v) is 3.84. The Hall–Kier alpha value is -0.900. The molecule has 0 saturated heterocycles. The van der Waals surface area contributed by atoms with E-state index in [1.807, 2.05) is 6.92 Å². The first-order chi connectivity index (χ1) is 6.06. The Morgan fingerprint density at radius 2 is 2.23 bits per heavy atom. The van der Waals surface area contributed by atoms with Crippen molar-refractivity contribution in [2.24, 2.45) is 22.7 Å². The van der Waals surface area contributed by atoms with Crippen LogP contribution in [-0.4, -0.2) is 29.7 Å². The first kappa shape index (κ1) is 10.2. The molecule has 4 heteroatoms. The van der Waals surface area contributed by atoms with Crippen LogP contribution < -0.4 is 5.73 Å². The monoisotopic (exact) mass is 183 g/mol. The first-order valence-corrected chi connectivity index (χ1v) is 4.62. The molecule has 1 amide bonds. The first-order valence-electron chi connectivity index (χ1n) is 4.62. The summed E-state index contributed by atoms with van der Waals surface area (Å²) in [5.74, 6) is 0.310. The van der Waals surface area contributed by atoms with Crippen LogP contribution >= 0.6 is 0 Å². The van der Waals surface area contributed by atoms with Crippen molar-refractivity contribution in [1.82, 2.24) is 5.01 Å². The average Bonchev–Trinajstić information content (AvgIpc) is 2.26. The number of hydrogen-bond acceptors (Lipinski definition) is 3. The molecule has 2 N–H and O–H groups in total. The third-order valence-corrected chi connectivity index (χ3v) is 2.11. The molecule has 0 saturated carbocycles. The van der Waals surface area contributed by atoms with Gasteiger partial charge in [0, 0.05) is 18.8 Å². The highest BCUT2D eigenvalue weighted by Gasteiger charge is 2.32. The van der Waals surface area contributed by atoms with Crippen molar-refractivity contribution in [3.05, 3.63) is 0 Å². The van der Waals surface area contributed by atoms with Gasteiger partial charge in [0.2, 0.25) is 0 Å². The van der Waals surface area contributed by atoms with Gasteiger partial charge in [0.15, 0.2) is 0 Å². The van der Waals surface area contributed by atoms with Gasteiger partial charge in [-0.25, -0.2) is 5.01 Å². The topological polar surface area (TPSA) is 58.7 Å². The van der Waals surface area contributed by atoms with Crippen molar-refractivity contribution in [1.29, 1.82) is 0 Å². The molecule has 13 heavy (non-hydrogen) atoms. The molecule has 0 radical (unpaired) electrons. The number of hydrazone groups is 1. The minimum Gasteiger partial charge on any atom is -0.329 e. The zero-order valence-corrected chi connectivity index (χ0v) is 8.45. The van der Waals surface area contributed by atoms with E-state index >= 15 is 0 Å². The molecule has 0 spiro atoms. The maximum absolute atomic E-state index is 11.6. The van der Waals surface area contributed by atoms with Gasteiger partial charge in [0.1, 0.15) is 0 Å². The van der Waals surface area contributed by atoms with Gasteiger partial charge in [-0.3, -0.25) is 4.79 Å². The van der Waals surface area contributed by atoms with E-state index in [9.17, 15) is 4.79 Å². The van der Waals surface area contributed by atoms with Gasteiger partial charge in [-0.15, -0.1) is 0 Å². The Kier molecular flexibility index (Phi) is 3.03. The second kappa shape index (κ2) is 3.87. The van der Waals surface area contributed by atoms with Gasteiger partial charge in [0.25, 0.3) is 5.91 Å². The van der Waals surface area contributed by atoms with Crippen molar-refractivity contribution >= 4 is 11.6 Å². The molecule has 1 atom stereocenters. The zero-order valence-electron chi connectivity index (χ0n) is 8.45. The summed E-state index contributed by atoms with van der Waals surface area (Å²) in [7, 11) is 0. The summed E-state index contributed by atoms with van der Waals surface area (Å²) in [6.45, 7) is 7.03. The Morgan fingerprint density at radius 1 is 1.62 bits per heavy atom. The van der Waals surface area contributed by atoms with E-state index in [1.54, 1.807) is 0 Å². The number of nitrogens with zero attached hydrogens (tertiary/aromatic N) is 2. The van der Waals surface area contributed by atoms with Crippen LogP contribution in [0.3, 0.4) is 0 Å². The maximum atomic E-state index is 11.6. The zero-order chi connectivity index (χ0) is 10.0. The summed E-state index contributed by atoms with van der Waals surface area (Å²) in [4.78, 5) is 11.6. The van der Waals surface area contributed by atoms with Crippen molar-refractivity contribution in [2.75, 3.05) is 13.1 Å². The Bertz CT molecular complexity index is 235. The van der Waals surface area contributed by atoms with Crippen LogP contribution in [0.4, 0.5) is 0 Å². The fourth-order valence-corrected chi connectivity index (χ4v) is 1.42.